The normalized spacial score (nSPS) is 21.0. The maximum atomic E-state index is 2.68. The molecule has 3 rings (SSSR count). The molecule has 2 aliphatic heterocycles. The Hall–Kier alpha value is -1.06. The van der Waals surface area contributed by atoms with Gasteiger partial charge in [-0.3, -0.25) is 4.90 Å². The minimum atomic E-state index is 0.923. The van der Waals surface area contributed by atoms with Crippen molar-refractivity contribution in [2.75, 3.05) is 57.8 Å². The van der Waals surface area contributed by atoms with Gasteiger partial charge in [-0.1, -0.05) is 26.0 Å². The molecular weight excluding hydrogens is 282 g/mol. The molecule has 0 atom stereocenters. The molecule has 2 fully saturated rings. The number of likely N-dealkylation sites (tertiary alicyclic amines) is 1. The predicted molar refractivity (Wildman–Crippen MR) is 101 cm³/mol. The molecule has 3 heteroatoms. The van der Waals surface area contributed by atoms with E-state index in [2.05, 4.69) is 52.9 Å². The molecule has 2 aliphatic rings. The predicted octanol–water partition coefficient (Wildman–Crippen LogP) is 3.49. The highest BCUT2D eigenvalue weighted by atomic mass is 15.3. The molecule has 1 aromatic carbocycles. The van der Waals surface area contributed by atoms with Gasteiger partial charge >= 0.3 is 0 Å². The maximum absolute atomic E-state index is 2.68. The molecule has 0 unspecified atom stereocenters. The Kier molecular flexibility index (Phi) is 7.38. The molecule has 2 saturated heterocycles. The third-order valence-electron chi connectivity index (χ3n) is 5.09. The van der Waals surface area contributed by atoms with Crippen LogP contribution in [-0.4, -0.2) is 62.7 Å². The van der Waals surface area contributed by atoms with E-state index in [9.17, 15) is 0 Å². The second-order valence-electron chi connectivity index (χ2n) is 6.87. The summed E-state index contributed by atoms with van der Waals surface area (Å²) in [6.07, 6.45) is 2.77. The van der Waals surface area contributed by atoms with Crippen molar-refractivity contribution in [1.82, 2.24) is 9.80 Å². The molecular formula is C20H35N3. The van der Waals surface area contributed by atoms with Crippen molar-refractivity contribution in [3.63, 3.8) is 0 Å². The number of nitrogens with zero attached hydrogens (tertiary/aromatic N) is 3. The van der Waals surface area contributed by atoms with Gasteiger partial charge in [0.05, 0.1) is 0 Å². The highest BCUT2D eigenvalue weighted by molar-refractivity contribution is 5.48. The van der Waals surface area contributed by atoms with Gasteiger partial charge in [-0.2, -0.15) is 0 Å². The number of hydrogen-bond donors (Lipinski definition) is 0. The van der Waals surface area contributed by atoms with Crippen LogP contribution in [0.5, 0.6) is 0 Å². The van der Waals surface area contributed by atoms with Gasteiger partial charge in [-0.15, -0.1) is 0 Å². The summed E-state index contributed by atoms with van der Waals surface area (Å²) in [4.78, 5) is 7.69. The number of benzene rings is 1. The van der Waals surface area contributed by atoms with Crippen LogP contribution < -0.4 is 4.90 Å². The van der Waals surface area contributed by atoms with Gasteiger partial charge in [-0.25, -0.2) is 0 Å². The zero-order chi connectivity index (χ0) is 16.7. The van der Waals surface area contributed by atoms with E-state index in [4.69, 9.17) is 0 Å². The van der Waals surface area contributed by atoms with Crippen LogP contribution in [0.1, 0.15) is 32.3 Å². The summed E-state index contributed by atoms with van der Waals surface area (Å²) in [5, 5.41) is 0. The first-order chi connectivity index (χ1) is 11.2. The van der Waals surface area contributed by atoms with Crippen LogP contribution in [-0.2, 0) is 0 Å². The van der Waals surface area contributed by atoms with Crippen molar-refractivity contribution < 1.29 is 0 Å². The van der Waals surface area contributed by atoms with Crippen LogP contribution in [0.3, 0.4) is 0 Å². The highest BCUT2D eigenvalue weighted by Gasteiger charge is 2.22. The summed E-state index contributed by atoms with van der Waals surface area (Å²) in [6, 6.07) is 8.92. The number of anilines is 1. The first-order valence-corrected chi connectivity index (χ1v) is 9.43. The highest BCUT2D eigenvalue weighted by Crippen LogP contribution is 2.21. The Bertz CT molecular complexity index is 444. The summed E-state index contributed by atoms with van der Waals surface area (Å²) < 4.78 is 0. The molecule has 0 N–H and O–H groups in total. The lowest BCUT2D eigenvalue weighted by Crippen LogP contribution is -2.48. The zero-order valence-corrected chi connectivity index (χ0v) is 15.6. The van der Waals surface area contributed by atoms with Crippen LogP contribution in [0.4, 0.5) is 5.69 Å². The van der Waals surface area contributed by atoms with Crippen molar-refractivity contribution in [3.05, 3.63) is 29.8 Å². The maximum Gasteiger partial charge on any atom is 0.0369 e. The smallest absolute Gasteiger partial charge is 0.0369 e. The summed E-state index contributed by atoms with van der Waals surface area (Å²) in [6.45, 7) is 14.9. The number of hydrogen-bond acceptors (Lipinski definition) is 3. The summed E-state index contributed by atoms with van der Waals surface area (Å²) in [5.74, 6) is 0.923. The van der Waals surface area contributed by atoms with E-state index < -0.39 is 0 Å². The van der Waals surface area contributed by atoms with Gasteiger partial charge in [-0.05, 0) is 63.5 Å². The van der Waals surface area contributed by atoms with Gasteiger partial charge in [0.1, 0.15) is 0 Å². The van der Waals surface area contributed by atoms with Crippen molar-refractivity contribution in [2.24, 2.45) is 5.92 Å². The summed E-state index contributed by atoms with van der Waals surface area (Å²) >= 11 is 0. The minimum Gasteiger partial charge on any atom is -0.369 e. The molecule has 0 bridgehead atoms. The molecule has 3 nitrogen and oxygen atoms in total. The van der Waals surface area contributed by atoms with Gasteiger partial charge < -0.3 is 9.80 Å². The Morgan fingerprint density at radius 3 is 2.22 bits per heavy atom. The van der Waals surface area contributed by atoms with E-state index in [0.29, 0.717) is 0 Å². The summed E-state index contributed by atoms with van der Waals surface area (Å²) in [7, 11) is 2.25. The van der Waals surface area contributed by atoms with Crippen molar-refractivity contribution in [1.29, 1.82) is 0 Å². The Morgan fingerprint density at radius 2 is 1.61 bits per heavy atom. The van der Waals surface area contributed by atoms with Crippen LogP contribution in [0.15, 0.2) is 24.3 Å². The Labute approximate surface area is 143 Å². The number of piperidine rings is 1. The SMILES string of the molecule is CC.Cc1cccc(N2CCN(CC3CCN(C)CC3)CC2)c1. The van der Waals surface area contributed by atoms with Crippen molar-refractivity contribution >= 4 is 5.69 Å². The van der Waals surface area contributed by atoms with Crippen LogP contribution >= 0.6 is 0 Å². The Balaban J connectivity index is 0.000000924. The van der Waals surface area contributed by atoms with Gasteiger partial charge in [0.15, 0.2) is 0 Å². The van der Waals surface area contributed by atoms with Crippen LogP contribution in [0, 0.1) is 12.8 Å². The van der Waals surface area contributed by atoms with Gasteiger partial charge in [0, 0.05) is 38.4 Å². The van der Waals surface area contributed by atoms with Crippen LogP contribution in [0.2, 0.25) is 0 Å². The van der Waals surface area contributed by atoms with E-state index in [1.54, 1.807) is 0 Å². The first-order valence-electron chi connectivity index (χ1n) is 9.43. The number of rotatable bonds is 3. The lowest BCUT2D eigenvalue weighted by atomic mass is 9.96. The van der Waals surface area contributed by atoms with Gasteiger partial charge in [0.25, 0.3) is 0 Å². The van der Waals surface area contributed by atoms with Crippen molar-refractivity contribution in [2.45, 2.75) is 33.6 Å². The fraction of sp³-hybridized carbons (Fsp3) is 0.700. The fourth-order valence-corrected chi connectivity index (χ4v) is 3.62. The zero-order valence-electron chi connectivity index (χ0n) is 15.6. The van der Waals surface area contributed by atoms with E-state index in [1.807, 2.05) is 13.8 Å². The van der Waals surface area contributed by atoms with Gasteiger partial charge in [0.2, 0.25) is 0 Å². The molecule has 0 amide bonds. The number of piperazine rings is 1. The lowest BCUT2D eigenvalue weighted by molar-refractivity contribution is 0.155. The molecule has 1 aromatic rings. The molecule has 2 heterocycles. The second-order valence-corrected chi connectivity index (χ2v) is 6.87. The summed E-state index contributed by atoms with van der Waals surface area (Å²) in [5.41, 5.74) is 2.76. The monoisotopic (exact) mass is 317 g/mol. The average Bonchev–Trinajstić information content (AvgIpc) is 2.59. The molecule has 0 radical (unpaired) electrons. The standard InChI is InChI=1S/C18H29N3.C2H6/c1-16-4-3-5-18(14-16)21-12-10-20(11-13-21)15-17-6-8-19(2)9-7-17;1-2/h3-5,14,17H,6-13,15H2,1-2H3;1-2H3. The Morgan fingerprint density at radius 1 is 0.957 bits per heavy atom. The van der Waals surface area contributed by atoms with E-state index in [1.165, 1.54) is 69.9 Å². The molecule has 0 aromatic heterocycles. The third-order valence-corrected chi connectivity index (χ3v) is 5.09. The second kappa shape index (κ2) is 9.29. The largest absolute Gasteiger partial charge is 0.369 e. The first kappa shape index (κ1) is 18.3. The third kappa shape index (κ3) is 5.50. The molecule has 0 saturated carbocycles. The van der Waals surface area contributed by atoms with Crippen molar-refractivity contribution in [3.8, 4) is 0 Å². The molecule has 23 heavy (non-hydrogen) atoms. The van der Waals surface area contributed by atoms with Crippen LogP contribution in [0.25, 0.3) is 0 Å². The average molecular weight is 318 g/mol. The van der Waals surface area contributed by atoms with E-state index >= 15 is 0 Å². The fourth-order valence-electron chi connectivity index (χ4n) is 3.62. The minimum absolute atomic E-state index is 0.923. The van der Waals surface area contributed by atoms with E-state index in [0.717, 1.165) is 5.92 Å². The van der Waals surface area contributed by atoms with E-state index in [-0.39, 0.29) is 0 Å². The molecule has 130 valence electrons. The lowest BCUT2D eigenvalue weighted by Gasteiger charge is -2.39. The molecule has 0 aliphatic carbocycles. The molecule has 0 spiro atoms. The number of aryl methyl sites for hydroxylation is 1. The quantitative estimate of drug-likeness (QED) is 0.845. The topological polar surface area (TPSA) is 9.72 Å².